The lowest BCUT2D eigenvalue weighted by molar-refractivity contribution is -0.114. The Balaban J connectivity index is 1.80. The van der Waals surface area contributed by atoms with Gasteiger partial charge in [-0.2, -0.15) is 4.68 Å². The van der Waals surface area contributed by atoms with Crippen LogP contribution in [0.2, 0.25) is 0 Å². The van der Waals surface area contributed by atoms with E-state index in [2.05, 4.69) is 20.8 Å². The van der Waals surface area contributed by atoms with Crippen LogP contribution in [0.15, 0.2) is 53.7 Å². The van der Waals surface area contributed by atoms with Crippen LogP contribution in [-0.4, -0.2) is 37.1 Å². The van der Waals surface area contributed by atoms with E-state index in [4.69, 9.17) is 0 Å². The summed E-state index contributed by atoms with van der Waals surface area (Å²) < 4.78 is 1.55. The molecule has 1 atom stereocenters. The van der Waals surface area contributed by atoms with Gasteiger partial charge in [-0.1, -0.05) is 47.7 Å². The molecule has 3 rings (SSSR count). The summed E-state index contributed by atoms with van der Waals surface area (Å²) in [6.07, 6.45) is 0. The summed E-state index contributed by atoms with van der Waals surface area (Å²) in [5.41, 5.74) is 3.11. The Morgan fingerprint density at radius 3 is 2.59 bits per heavy atom. The fourth-order valence-corrected chi connectivity index (χ4v) is 3.38. The summed E-state index contributed by atoms with van der Waals surface area (Å²) in [4.78, 5) is 23.9. The van der Waals surface area contributed by atoms with E-state index in [0.717, 1.165) is 5.56 Å². The van der Waals surface area contributed by atoms with Gasteiger partial charge in [-0.05, 0) is 42.5 Å². The Hall–Kier alpha value is -3.00. The highest BCUT2D eigenvalue weighted by Crippen LogP contribution is 2.26. The van der Waals surface area contributed by atoms with Gasteiger partial charge < -0.3 is 5.32 Å². The van der Waals surface area contributed by atoms with E-state index in [1.54, 1.807) is 22.9 Å². The van der Waals surface area contributed by atoms with Gasteiger partial charge in [0.2, 0.25) is 11.1 Å². The second-order valence-electron chi connectivity index (χ2n) is 6.10. The first-order valence-corrected chi connectivity index (χ1v) is 9.26. The molecule has 2 aromatic carbocycles. The van der Waals surface area contributed by atoms with Crippen LogP contribution in [0.25, 0.3) is 5.69 Å². The van der Waals surface area contributed by atoms with Crippen molar-refractivity contribution in [3.63, 3.8) is 0 Å². The minimum Gasteiger partial charge on any atom is -0.326 e. The molecule has 0 radical (unpaired) electrons. The topological polar surface area (TPSA) is 89.8 Å². The Bertz CT molecular complexity index is 968. The van der Waals surface area contributed by atoms with E-state index in [1.165, 1.54) is 18.7 Å². The molecule has 1 heterocycles. The molecule has 0 saturated heterocycles. The van der Waals surface area contributed by atoms with Gasteiger partial charge in [0.1, 0.15) is 0 Å². The zero-order valence-electron chi connectivity index (χ0n) is 15.2. The second-order valence-corrected chi connectivity index (χ2v) is 7.40. The third kappa shape index (κ3) is 4.59. The molecular weight excluding hydrogens is 362 g/mol. The molecule has 8 heteroatoms. The number of tetrazole rings is 1. The van der Waals surface area contributed by atoms with Crippen molar-refractivity contribution in [2.75, 3.05) is 5.32 Å². The number of hydrogen-bond acceptors (Lipinski definition) is 6. The van der Waals surface area contributed by atoms with Crippen LogP contribution in [0.1, 0.15) is 29.8 Å². The molecule has 3 aromatic rings. The van der Waals surface area contributed by atoms with Crippen LogP contribution in [0.4, 0.5) is 5.69 Å². The highest BCUT2D eigenvalue weighted by Gasteiger charge is 2.20. The van der Waals surface area contributed by atoms with Crippen molar-refractivity contribution in [2.45, 2.75) is 31.2 Å². The average Bonchev–Trinajstić information content (AvgIpc) is 3.09. The van der Waals surface area contributed by atoms with E-state index in [0.29, 0.717) is 22.1 Å². The molecule has 7 nitrogen and oxygen atoms in total. The van der Waals surface area contributed by atoms with Gasteiger partial charge in [-0.25, -0.2) is 0 Å². The number of carbonyl (C=O) groups excluding carboxylic acids is 2. The molecule has 0 bridgehead atoms. The zero-order valence-corrected chi connectivity index (χ0v) is 16.0. The second kappa shape index (κ2) is 8.13. The number of anilines is 1. The third-order valence-corrected chi connectivity index (χ3v) is 4.87. The van der Waals surface area contributed by atoms with E-state index >= 15 is 0 Å². The number of nitrogens with zero attached hydrogens (tertiary/aromatic N) is 4. The quantitative estimate of drug-likeness (QED) is 0.520. The van der Waals surface area contributed by atoms with Crippen LogP contribution < -0.4 is 5.32 Å². The lowest BCUT2D eigenvalue weighted by Gasteiger charge is -2.11. The summed E-state index contributed by atoms with van der Waals surface area (Å²) in [7, 11) is 0. The number of carbonyl (C=O) groups is 2. The Morgan fingerprint density at radius 2 is 1.89 bits per heavy atom. The summed E-state index contributed by atoms with van der Waals surface area (Å²) in [6, 6.07) is 14.7. The number of Topliss-reactive ketones (excluding diaryl/α,β-unsaturated/α-hetero) is 1. The molecule has 0 aliphatic carbocycles. The van der Waals surface area contributed by atoms with Crippen molar-refractivity contribution in [2.24, 2.45) is 0 Å². The highest BCUT2D eigenvalue weighted by molar-refractivity contribution is 8.00. The standard InChI is InChI=1S/C19H19N5O2S/c1-12-7-9-15(10-8-12)18(26)13(2)27-19-21-22-23-24(19)17-6-4-5-16(11-17)20-14(3)25/h4-11,13H,1-3H3,(H,20,25). The van der Waals surface area contributed by atoms with Gasteiger partial charge in [0.15, 0.2) is 5.78 Å². The number of rotatable bonds is 6. The van der Waals surface area contributed by atoms with Crippen LogP contribution >= 0.6 is 11.8 Å². The molecular formula is C19H19N5O2S. The summed E-state index contributed by atoms with van der Waals surface area (Å²) in [6.45, 7) is 5.26. The minimum absolute atomic E-state index is 0.0153. The highest BCUT2D eigenvalue weighted by atomic mass is 32.2. The van der Waals surface area contributed by atoms with Crippen LogP contribution in [0, 0.1) is 6.92 Å². The third-order valence-electron chi connectivity index (χ3n) is 3.84. The molecule has 0 spiro atoms. The van der Waals surface area contributed by atoms with Gasteiger partial charge in [0, 0.05) is 18.2 Å². The molecule has 138 valence electrons. The minimum atomic E-state index is -0.351. The number of hydrogen-bond donors (Lipinski definition) is 1. The van der Waals surface area contributed by atoms with Crippen molar-refractivity contribution in [1.82, 2.24) is 20.2 Å². The maximum absolute atomic E-state index is 12.7. The lowest BCUT2D eigenvalue weighted by Crippen LogP contribution is -2.14. The lowest BCUT2D eigenvalue weighted by atomic mass is 10.1. The van der Waals surface area contributed by atoms with Crippen LogP contribution in [0.5, 0.6) is 0 Å². The number of aromatic nitrogens is 4. The van der Waals surface area contributed by atoms with Crippen molar-refractivity contribution < 1.29 is 9.59 Å². The van der Waals surface area contributed by atoms with E-state index in [1.807, 2.05) is 44.2 Å². The summed E-state index contributed by atoms with van der Waals surface area (Å²) >= 11 is 1.29. The summed E-state index contributed by atoms with van der Waals surface area (Å²) in [5.74, 6) is -0.141. The first-order valence-electron chi connectivity index (χ1n) is 8.38. The van der Waals surface area contributed by atoms with Gasteiger partial charge in [-0.3, -0.25) is 9.59 Å². The Kier molecular flexibility index (Phi) is 5.66. The largest absolute Gasteiger partial charge is 0.326 e. The molecule has 1 amide bonds. The van der Waals surface area contributed by atoms with Crippen molar-refractivity contribution in [3.8, 4) is 5.69 Å². The predicted octanol–water partition coefficient (Wildman–Crippen LogP) is 3.29. The van der Waals surface area contributed by atoms with Crippen LogP contribution in [-0.2, 0) is 4.79 Å². The molecule has 1 unspecified atom stereocenters. The number of thioether (sulfide) groups is 1. The first kappa shape index (κ1) is 18.8. The number of nitrogens with one attached hydrogen (secondary N) is 1. The van der Waals surface area contributed by atoms with Gasteiger partial charge in [0.05, 0.1) is 10.9 Å². The molecule has 1 aromatic heterocycles. The van der Waals surface area contributed by atoms with Gasteiger partial charge >= 0.3 is 0 Å². The Labute approximate surface area is 161 Å². The molecule has 0 saturated carbocycles. The predicted molar refractivity (Wildman–Crippen MR) is 104 cm³/mol. The number of benzene rings is 2. The van der Waals surface area contributed by atoms with E-state index < -0.39 is 0 Å². The van der Waals surface area contributed by atoms with Crippen LogP contribution in [0.3, 0.4) is 0 Å². The monoisotopic (exact) mass is 381 g/mol. The van der Waals surface area contributed by atoms with E-state index in [9.17, 15) is 9.59 Å². The fraction of sp³-hybridized carbons (Fsp3) is 0.211. The fourth-order valence-electron chi connectivity index (χ4n) is 2.50. The van der Waals surface area contributed by atoms with Crippen molar-refractivity contribution >= 4 is 29.1 Å². The molecule has 1 N–H and O–H groups in total. The average molecular weight is 381 g/mol. The molecule has 0 aliphatic heterocycles. The van der Waals surface area contributed by atoms with Crippen molar-refractivity contribution in [3.05, 3.63) is 59.7 Å². The normalized spacial score (nSPS) is 11.8. The molecule has 27 heavy (non-hydrogen) atoms. The van der Waals surface area contributed by atoms with E-state index in [-0.39, 0.29) is 16.9 Å². The number of ketones is 1. The molecule has 0 aliphatic rings. The Morgan fingerprint density at radius 1 is 1.15 bits per heavy atom. The van der Waals surface area contributed by atoms with Gasteiger partial charge in [0.25, 0.3) is 0 Å². The van der Waals surface area contributed by atoms with Gasteiger partial charge in [-0.15, -0.1) is 5.10 Å². The number of amides is 1. The first-order chi connectivity index (χ1) is 12.9. The zero-order chi connectivity index (χ0) is 19.4. The smallest absolute Gasteiger partial charge is 0.221 e. The van der Waals surface area contributed by atoms with Crippen molar-refractivity contribution in [1.29, 1.82) is 0 Å². The maximum Gasteiger partial charge on any atom is 0.221 e. The summed E-state index contributed by atoms with van der Waals surface area (Å²) in [5, 5.41) is 14.7. The maximum atomic E-state index is 12.7. The molecule has 0 fully saturated rings. The SMILES string of the molecule is CC(=O)Nc1cccc(-n2nnnc2SC(C)C(=O)c2ccc(C)cc2)c1. The number of aryl methyl sites for hydroxylation is 1.